The van der Waals surface area contributed by atoms with Gasteiger partial charge in [-0.2, -0.15) is 0 Å². The van der Waals surface area contributed by atoms with Crippen molar-refractivity contribution in [2.45, 2.75) is 18.9 Å². The average molecular weight is 363 g/mol. The number of imidazole rings is 1. The number of aromatic amines is 1. The minimum absolute atomic E-state index is 0.0391. The summed E-state index contributed by atoms with van der Waals surface area (Å²) in [5.74, 6) is 1.37. The minimum Gasteiger partial charge on any atom is -0.490 e. The van der Waals surface area contributed by atoms with Crippen LogP contribution in [0.2, 0.25) is 0 Å². The third kappa shape index (κ3) is 3.85. The fourth-order valence-electron chi connectivity index (χ4n) is 3.11. The second kappa shape index (κ2) is 7.63. The zero-order valence-electron chi connectivity index (χ0n) is 14.9. The Balaban J connectivity index is 1.47. The first kappa shape index (κ1) is 17.3. The summed E-state index contributed by atoms with van der Waals surface area (Å²) < 4.78 is 11.1. The standard InChI is InChI=1S/C21H21N3O3/c1-2-11-26-16-8-5-14(6-9-16)21(25)22-15-7-10-17-18(13-15)24-20(23-17)19-4-3-12-27-19/h2,5-10,13,19H,1,3-4,11-12H2,(H,22,25)(H,23,24). The van der Waals surface area contributed by atoms with Gasteiger partial charge in [-0.3, -0.25) is 4.79 Å². The highest BCUT2D eigenvalue weighted by Crippen LogP contribution is 2.28. The molecule has 4 rings (SSSR count). The molecule has 1 unspecified atom stereocenters. The van der Waals surface area contributed by atoms with E-state index >= 15 is 0 Å². The van der Waals surface area contributed by atoms with E-state index in [9.17, 15) is 4.79 Å². The number of nitrogens with zero attached hydrogens (tertiary/aromatic N) is 1. The number of rotatable bonds is 6. The second-order valence-corrected chi connectivity index (χ2v) is 6.43. The fraction of sp³-hybridized carbons (Fsp3) is 0.238. The van der Waals surface area contributed by atoms with Crippen LogP contribution in [0.4, 0.5) is 5.69 Å². The first-order chi connectivity index (χ1) is 13.2. The largest absolute Gasteiger partial charge is 0.490 e. The quantitative estimate of drug-likeness (QED) is 0.643. The summed E-state index contributed by atoms with van der Waals surface area (Å²) in [6.45, 7) is 4.82. The van der Waals surface area contributed by atoms with Crippen molar-refractivity contribution < 1.29 is 14.3 Å². The summed E-state index contributed by atoms with van der Waals surface area (Å²) in [5, 5.41) is 2.92. The third-order valence-electron chi connectivity index (χ3n) is 4.48. The van der Waals surface area contributed by atoms with E-state index < -0.39 is 0 Å². The molecule has 2 aromatic carbocycles. The van der Waals surface area contributed by atoms with E-state index in [2.05, 4.69) is 21.9 Å². The van der Waals surface area contributed by atoms with Gasteiger partial charge in [0.05, 0.1) is 11.0 Å². The number of hydrogen-bond acceptors (Lipinski definition) is 4. The maximum Gasteiger partial charge on any atom is 0.255 e. The first-order valence-electron chi connectivity index (χ1n) is 8.99. The smallest absolute Gasteiger partial charge is 0.255 e. The molecule has 2 N–H and O–H groups in total. The highest BCUT2D eigenvalue weighted by atomic mass is 16.5. The van der Waals surface area contributed by atoms with E-state index in [0.717, 1.165) is 36.3 Å². The van der Waals surface area contributed by atoms with Crippen molar-refractivity contribution in [2.24, 2.45) is 0 Å². The lowest BCUT2D eigenvalue weighted by atomic mass is 10.2. The summed E-state index contributed by atoms with van der Waals surface area (Å²) in [6.07, 6.45) is 3.75. The topological polar surface area (TPSA) is 76.2 Å². The molecule has 0 spiro atoms. The van der Waals surface area contributed by atoms with E-state index in [0.29, 0.717) is 23.6 Å². The molecule has 1 aliphatic rings. The van der Waals surface area contributed by atoms with E-state index in [1.165, 1.54) is 0 Å². The number of H-pyrrole nitrogens is 1. The van der Waals surface area contributed by atoms with Crippen molar-refractivity contribution in [3.05, 3.63) is 66.5 Å². The Labute approximate surface area is 157 Å². The number of nitrogens with one attached hydrogen (secondary N) is 2. The van der Waals surface area contributed by atoms with Crippen molar-refractivity contribution in [3.63, 3.8) is 0 Å². The molecule has 0 aliphatic carbocycles. The van der Waals surface area contributed by atoms with Crippen molar-refractivity contribution in [1.82, 2.24) is 9.97 Å². The molecule has 1 atom stereocenters. The van der Waals surface area contributed by atoms with Crippen LogP contribution in [0.1, 0.15) is 35.1 Å². The second-order valence-electron chi connectivity index (χ2n) is 6.43. The van der Waals surface area contributed by atoms with Crippen LogP contribution in [0.15, 0.2) is 55.1 Å². The number of ether oxygens (including phenoxy) is 2. The van der Waals surface area contributed by atoms with Gasteiger partial charge >= 0.3 is 0 Å². The molecule has 0 saturated carbocycles. The predicted octanol–water partition coefficient (Wildman–Crippen LogP) is 4.23. The van der Waals surface area contributed by atoms with Crippen LogP contribution in [-0.2, 0) is 4.74 Å². The average Bonchev–Trinajstić information content (AvgIpc) is 3.35. The number of carbonyl (C=O) groups excluding carboxylic acids is 1. The van der Waals surface area contributed by atoms with Crippen molar-refractivity contribution >= 4 is 22.6 Å². The number of anilines is 1. The summed E-state index contributed by atoms with van der Waals surface area (Å²) in [5.41, 5.74) is 3.02. The number of amides is 1. The molecule has 6 heteroatoms. The lowest BCUT2D eigenvalue weighted by molar-refractivity contribution is 0.102. The molecule has 0 bridgehead atoms. The van der Waals surface area contributed by atoms with Crippen molar-refractivity contribution in [3.8, 4) is 5.75 Å². The van der Waals surface area contributed by atoms with E-state index in [1.54, 1.807) is 30.3 Å². The van der Waals surface area contributed by atoms with Gasteiger partial charge in [0.15, 0.2) is 0 Å². The molecule has 2 heterocycles. The van der Waals surface area contributed by atoms with Crippen LogP contribution in [0.3, 0.4) is 0 Å². The van der Waals surface area contributed by atoms with Gasteiger partial charge in [0, 0.05) is 17.9 Å². The number of benzene rings is 2. The third-order valence-corrected chi connectivity index (χ3v) is 4.48. The predicted molar refractivity (Wildman–Crippen MR) is 104 cm³/mol. The lowest BCUT2D eigenvalue weighted by Crippen LogP contribution is -2.11. The molecule has 1 saturated heterocycles. The first-order valence-corrected chi connectivity index (χ1v) is 8.99. The van der Waals surface area contributed by atoms with Crippen LogP contribution in [0.25, 0.3) is 11.0 Å². The van der Waals surface area contributed by atoms with Gasteiger partial charge < -0.3 is 19.8 Å². The molecule has 3 aromatic rings. The Bertz CT molecular complexity index is 956. The van der Waals surface area contributed by atoms with Gasteiger partial charge in [-0.15, -0.1) is 0 Å². The normalized spacial score (nSPS) is 16.4. The van der Waals surface area contributed by atoms with Gasteiger partial charge in [-0.1, -0.05) is 12.7 Å². The van der Waals surface area contributed by atoms with E-state index in [-0.39, 0.29) is 12.0 Å². The van der Waals surface area contributed by atoms with Crippen molar-refractivity contribution in [1.29, 1.82) is 0 Å². The van der Waals surface area contributed by atoms with Crippen LogP contribution in [0.5, 0.6) is 5.75 Å². The molecule has 1 amide bonds. The van der Waals surface area contributed by atoms with Gasteiger partial charge in [0.1, 0.15) is 24.3 Å². The van der Waals surface area contributed by atoms with Gasteiger partial charge in [-0.05, 0) is 55.3 Å². The summed E-state index contributed by atoms with van der Waals surface area (Å²) in [7, 11) is 0. The molecular weight excluding hydrogens is 342 g/mol. The molecular formula is C21H21N3O3. The van der Waals surface area contributed by atoms with Gasteiger partial charge in [0.25, 0.3) is 5.91 Å². The van der Waals surface area contributed by atoms with Crippen LogP contribution < -0.4 is 10.1 Å². The Morgan fingerprint density at radius 3 is 2.93 bits per heavy atom. The molecule has 1 fully saturated rings. The Kier molecular flexibility index (Phi) is 4.89. The number of carbonyl (C=O) groups is 1. The molecule has 1 aromatic heterocycles. The maximum atomic E-state index is 12.5. The van der Waals surface area contributed by atoms with Crippen LogP contribution >= 0.6 is 0 Å². The van der Waals surface area contributed by atoms with E-state index in [1.807, 2.05) is 18.2 Å². The lowest BCUT2D eigenvalue weighted by Gasteiger charge is -2.07. The molecule has 0 radical (unpaired) electrons. The SMILES string of the molecule is C=CCOc1ccc(C(=O)Nc2ccc3nc(C4CCCO4)[nH]c3c2)cc1. The fourth-order valence-corrected chi connectivity index (χ4v) is 3.11. The Morgan fingerprint density at radius 1 is 1.33 bits per heavy atom. The van der Waals surface area contributed by atoms with Gasteiger partial charge in [0.2, 0.25) is 0 Å². The maximum absolute atomic E-state index is 12.5. The molecule has 1 aliphatic heterocycles. The number of hydrogen-bond donors (Lipinski definition) is 2. The molecule has 138 valence electrons. The van der Waals surface area contributed by atoms with Crippen LogP contribution in [-0.4, -0.2) is 29.1 Å². The van der Waals surface area contributed by atoms with Crippen LogP contribution in [0, 0.1) is 0 Å². The molecule has 6 nitrogen and oxygen atoms in total. The zero-order chi connectivity index (χ0) is 18.6. The van der Waals surface area contributed by atoms with Gasteiger partial charge in [-0.25, -0.2) is 4.98 Å². The Morgan fingerprint density at radius 2 is 2.19 bits per heavy atom. The molecule has 27 heavy (non-hydrogen) atoms. The highest BCUT2D eigenvalue weighted by Gasteiger charge is 2.21. The van der Waals surface area contributed by atoms with Crippen molar-refractivity contribution in [2.75, 3.05) is 18.5 Å². The summed E-state index contributed by atoms with van der Waals surface area (Å²) in [6, 6.07) is 12.6. The Hall–Kier alpha value is -3.12. The number of aromatic nitrogens is 2. The minimum atomic E-state index is -0.177. The monoisotopic (exact) mass is 363 g/mol. The van der Waals surface area contributed by atoms with E-state index in [4.69, 9.17) is 9.47 Å². The summed E-state index contributed by atoms with van der Waals surface area (Å²) >= 11 is 0. The summed E-state index contributed by atoms with van der Waals surface area (Å²) in [4.78, 5) is 20.4. The number of fused-ring (bicyclic) bond motifs is 1. The highest BCUT2D eigenvalue weighted by molar-refractivity contribution is 6.05. The zero-order valence-corrected chi connectivity index (χ0v) is 14.9.